The van der Waals surface area contributed by atoms with Gasteiger partial charge in [0.15, 0.2) is 0 Å². The predicted octanol–water partition coefficient (Wildman–Crippen LogP) is 4.48. The molecule has 2 rings (SSSR count). The molecule has 1 aliphatic rings. The summed E-state index contributed by atoms with van der Waals surface area (Å²) in [6, 6.07) is 4.99. The van der Waals surface area contributed by atoms with E-state index in [1.54, 1.807) is 6.07 Å². The molecule has 0 aliphatic heterocycles. The summed E-state index contributed by atoms with van der Waals surface area (Å²) in [5, 5.41) is 3.74. The van der Waals surface area contributed by atoms with Gasteiger partial charge in [-0.3, -0.25) is 0 Å². The van der Waals surface area contributed by atoms with Gasteiger partial charge in [0.2, 0.25) is 0 Å². The zero-order valence-corrected chi connectivity index (χ0v) is 12.6. The number of hydrogen-bond acceptors (Lipinski definition) is 1. The van der Waals surface area contributed by atoms with Crippen molar-refractivity contribution in [2.45, 2.75) is 37.6 Å². The van der Waals surface area contributed by atoms with Crippen LogP contribution in [-0.4, -0.2) is 11.9 Å². The van der Waals surface area contributed by atoms with Crippen molar-refractivity contribution in [2.24, 2.45) is 5.92 Å². The third-order valence-electron chi connectivity index (χ3n) is 3.40. The molecule has 1 nitrogen and oxygen atoms in total. The van der Waals surface area contributed by atoms with Gasteiger partial charge in [0.1, 0.15) is 5.82 Å². The van der Waals surface area contributed by atoms with Gasteiger partial charge in [0, 0.05) is 16.4 Å². The van der Waals surface area contributed by atoms with Gasteiger partial charge in [0.25, 0.3) is 0 Å². The molecule has 0 spiro atoms. The van der Waals surface area contributed by atoms with E-state index in [0.29, 0.717) is 17.8 Å². The zero-order chi connectivity index (χ0) is 13.0. The number of benzene rings is 1. The van der Waals surface area contributed by atoms with Gasteiger partial charge in [-0.05, 0) is 55.5 Å². The highest BCUT2D eigenvalue weighted by Crippen LogP contribution is 2.27. The first-order chi connectivity index (χ1) is 8.63. The van der Waals surface area contributed by atoms with E-state index >= 15 is 0 Å². The smallest absolute Gasteiger partial charge is 0.124 e. The summed E-state index contributed by atoms with van der Waals surface area (Å²) in [6.07, 6.45) is 4.73. The molecule has 18 heavy (non-hydrogen) atoms. The number of alkyl halides is 1. The lowest BCUT2D eigenvalue weighted by Crippen LogP contribution is -2.27. The second kappa shape index (κ2) is 6.88. The molecule has 0 bridgehead atoms. The maximum absolute atomic E-state index is 13.2. The summed E-state index contributed by atoms with van der Waals surface area (Å²) in [5.74, 6) is 0.470. The molecular weight excluding hydrogens is 317 g/mol. The lowest BCUT2D eigenvalue weighted by atomic mass is 9.89. The van der Waals surface area contributed by atoms with Crippen LogP contribution in [0.2, 0.25) is 0 Å². The predicted molar refractivity (Wildman–Crippen MR) is 77.4 cm³/mol. The second-order valence-electron chi connectivity index (χ2n) is 5.04. The molecule has 1 aliphatic carbocycles. The van der Waals surface area contributed by atoms with Crippen LogP contribution in [0.1, 0.15) is 31.2 Å². The fourth-order valence-corrected chi connectivity index (χ4v) is 3.46. The van der Waals surface area contributed by atoms with Gasteiger partial charge in [-0.25, -0.2) is 4.39 Å². The minimum Gasteiger partial charge on any atom is -0.312 e. The standard InChI is InChI=1S/C14H18BrClFN/c15-12-4-11(6-14(17)7-12)9-18-8-10-2-1-3-13(16)5-10/h4,6-7,10,13,18H,1-3,5,8-9H2. The Morgan fingerprint density at radius 2 is 2.17 bits per heavy atom. The van der Waals surface area contributed by atoms with E-state index in [1.807, 2.05) is 6.07 Å². The van der Waals surface area contributed by atoms with E-state index in [1.165, 1.54) is 18.9 Å². The van der Waals surface area contributed by atoms with Gasteiger partial charge in [-0.2, -0.15) is 0 Å². The summed E-state index contributed by atoms with van der Waals surface area (Å²) < 4.78 is 14.0. The Hall–Kier alpha value is -0.120. The Morgan fingerprint density at radius 1 is 1.33 bits per heavy atom. The number of halogens is 3. The average Bonchev–Trinajstić information content (AvgIpc) is 2.27. The third kappa shape index (κ3) is 4.52. The molecule has 1 fully saturated rings. The average molecular weight is 335 g/mol. The Labute approximate surface area is 121 Å². The molecule has 0 heterocycles. The highest BCUT2D eigenvalue weighted by Gasteiger charge is 2.19. The Kier molecular flexibility index (Phi) is 5.46. The first kappa shape index (κ1) is 14.3. The molecule has 100 valence electrons. The fourth-order valence-electron chi connectivity index (χ4n) is 2.54. The van der Waals surface area contributed by atoms with Crippen LogP contribution in [-0.2, 0) is 6.54 Å². The maximum atomic E-state index is 13.2. The van der Waals surface area contributed by atoms with E-state index < -0.39 is 0 Å². The highest BCUT2D eigenvalue weighted by atomic mass is 79.9. The number of nitrogens with one attached hydrogen (secondary N) is 1. The minimum absolute atomic E-state index is 0.195. The molecule has 0 radical (unpaired) electrons. The van der Waals surface area contributed by atoms with Crippen molar-refractivity contribution in [1.82, 2.24) is 5.32 Å². The van der Waals surface area contributed by atoms with E-state index in [0.717, 1.165) is 29.4 Å². The summed E-state index contributed by atoms with van der Waals surface area (Å²) >= 11 is 9.47. The van der Waals surface area contributed by atoms with Crippen LogP contribution in [0.5, 0.6) is 0 Å². The lowest BCUT2D eigenvalue weighted by Gasteiger charge is -2.25. The molecule has 1 saturated carbocycles. The summed E-state index contributed by atoms with van der Waals surface area (Å²) in [6.45, 7) is 1.68. The van der Waals surface area contributed by atoms with Crippen LogP contribution < -0.4 is 5.32 Å². The normalized spacial score (nSPS) is 24.2. The molecule has 1 aromatic rings. The van der Waals surface area contributed by atoms with Crippen LogP contribution in [0, 0.1) is 11.7 Å². The number of hydrogen-bond donors (Lipinski definition) is 1. The zero-order valence-electron chi connectivity index (χ0n) is 10.3. The van der Waals surface area contributed by atoms with Crippen molar-refractivity contribution in [3.8, 4) is 0 Å². The highest BCUT2D eigenvalue weighted by molar-refractivity contribution is 9.10. The van der Waals surface area contributed by atoms with E-state index in [4.69, 9.17) is 11.6 Å². The van der Waals surface area contributed by atoms with E-state index in [-0.39, 0.29) is 5.82 Å². The second-order valence-corrected chi connectivity index (χ2v) is 6.57. The molecule has 2 unspecified atom stereocenters. The van der Waals surface area contributed by atoms with Crippen molar-refractivity contribution < 1.29 is 4.39 Å². The summed E-state index contributed by atoms with van der Waals surface area (Å²) in [4.78, 5) is 0. The van der Waals surface area contributed by atoms with Gasteiger partial charge in [-0.1, -0.05) is 22.4 Å². The first-order valence-corrected chi connectivity index (χ1v) is 7.66. The van der Waals surface area contributed by atoms with Crippen molar-refractivity contribution in [2.75, 3.05) is 6.54 Å². The van der Waals surface area contributed by atoms with Crippen LogP contribution in [0.25, 0.3) is 0 Å². The monoisotopic (exact) mass is 333 g/mol. The van der Waals surface area contributed by atoms with Gasteiger partial charge >= 0.3 is 0 Å². The Morgan fingerprint density at radius 3 is 2.89 bits per heavy atom. The quantitative estimate of drug-likeness (QED) is 0.801. The van der Waals surface area contributed by atoms with Crippen LogP contribution in [0.4, 0.5) is 4.39 Å². The maximum Gasteiger partial charge on any atom is 0.124 e. The van der Waals surface area contributed by atoms with Crippen LogP contribution in [0.15, 0.2) is 22.7 Å². The molecule has 0 aromatic heterocycles. The van der Waals surface area contributed by atoms with Crippen LogP contribution in [0.3, 0.4) is 0 Å². The first-order valence-electron chi connectivity index (χ1n) is 6.43. The Balaban J connectivity index is 1.77. The minimum atomic E-state index is -0.195. The SMILES string of the molecule is Fc1cc(Br)cc(CNCC2CCCC(Cl)C2)c1. The van der Waals surface area contributed by atoms with Gasteiger partial charge in [-0.15, -0.1) is 11.6 Å². The fraction of sp³-hybridized carbons (Fsp3) is 0.571. The molecule has 4 heteroatoms. The third-order valence-corrected chi connectivity index (χ3v) is 4.26. The molecule has 1 N–H and O–H groups in total. The van der Waals surface area contributed by atoms with Crippen molar-refractivity contribution in [3.05, 3.63) is 34.1 Å². The van der Waals surface area contributed by atoms with E-state index in [2.05, 4.69) is 21.2 Å². The molecule has 0 saturated heterocycles. The van der Waals surface area contributed by atoms with Crippen molar-refractivity contribution in [3.63, 3.8) is 0 Å². The van der Waals surface area contributed by atoms with Gasteiger partial charge < -0.3 is 5.32 Å². The van der Waals surface area contributed by atoms with Crippen molar-refractivity contribution >= 4 is 27.5 Å². The molecule has 0 amide bonds. The summed E-state index contributed by atoms with van der Waals surface area (Å²) in [5.41, 5.74) is 0.972. The largest absolute Gasteiger partial charge is 0.312 e. The molecule has 2 atom stereocenters. The van der Waals surface area contributed by atoms with E-state index in [9.17, 15) is 4.39 Å². The number of rotatable bonds is 4. The Bertz CT molecular complexity index is 379. The lowest BCUT2D eigenvalue weighted by molar-refractivity contribution is 0.346. The van der Waals surface area contributed by atoms with Gasteiger partial charge in [0.05, 0.1) is 0 Å². The van der Waals surface area contributed by atoms with Crippen LogP contribution >= 0.6 is 27.5 Å². The van der Waals surface area contributed by atoms with Crippen molar-refractivity contribution in [1.29, 1.82) is 0 Å². The topological polar surface area (TPSA) is 12.0 Å². The molecule has 1 aromatic carbocycles. The summed E-state index contributed by atoms with van der Waals surface area (Å²) in [7, 11) is 0. The molecular formula is C14H18BrClFN.